The fraction of sp³-hybridized carbons (Fsp3) is 0.148. The molecule has 1 atom stereocenters. The van der Waals surface area contributed by atoms with Gasteiger partial charge in [-0.05, 0) is 55.5 Å². The molecule has 0 aliphatic carbocycles. The van der Waals surface area contributed by atoms with Crippen LogP contribution in [-0.2, 0) is 24.3 Å². The molecular formula is C27H23N2O7S. The Bertz CT molecular complexity index is 1410. The first kappa shape index (κ1) is 27.3. The second-order valence-electron chi connectivity index (χ2n) is 7.75. The Labute approximate surface area is 214 Å². The summed E-state index contributed by atoms with van der Waals surface area (Å²) >= 11 is 0. The maximum Gasteiger partial charge on any atom is 0.338 e. The third-order valence-electron chi connectivity index (χ3n) is 5.18. The molecule has 0 saturated heterocycles. The molecule has 0 fully saturated rings. The first-order valence-electron chi connectivity index (χ1n) is 11.0. The summed E-state index contributed by atoms with van der Waals surface area (Å²) in [4.78, 5) is 35.5. The summed E-state index contributed by atoms with van der Waals surface area (Å²) in [5.74, 6) is 3.89. The standard InChI is InChI=1S/C27H23N2O7S/c1-20-7-9-21(10-8-20)11-12-22-13-15-24(16-14-22)37(34,35)29(25(19-30)26(31)28-33)17-18-36-27(32)23-5-3-2-4-6-23/h2-10,13-16,25,33H,17-18H2,1H3,(H,28,31)/t25-/m0/s1. The first-order chi connectivity index (χ1) is 17.8. The molecular weight excluding hydrogens is 496 g/mol. The van der Waals surface area contributed by atoms with Gasteiger partial charge in [0, 0.05) is 17.7 Å². The summed E-state index contributed by atoms with van der Waals surface area (Å²) in [5, 5.41) is 8.99. The largest absolute Gasteiger partial charge is 0.461 e. The van der Waals surface area contributed by atoms with E-state index in [9.17, 15) is 22.8 Å². The zero-order chi connectivity index (χ0) is 26.8. The summed E-state index contributed by atoms with van der Waals surface area (Å²) in [6.07, 6.45) is 1.31. The van der Waals surface area contributed by atoms with Crippen molar-refractivity contribution >= 4 is 28.2 Å². The molecule has 3 aromatic carbocycles. The van der Waals surface area contributed by atoms with Crippen LogP contribution < -0.4 is 5.48 Å². The molecule has 0 aromatic heterocycles. The van der Waals surface area contributed by atoms with Crippen LogP contribution in [0.5, 0.6) is 0 Å². The van der Waals surface area contributed by atoms with Crippen LogP contribution in [0.1, 0.15) is 27.0 Å². The minimum atomic E-state index is -4.46. The average Bonchev–Trinajstić information content (AvgIpc) is 2.92. The fourth-order valence-electron chi connectivity index (χ4n) is 3.21. The Hall–Kier alpha value is -4.30. The lowest BCUT2D eigenvalue weighted by atomic mass is 10.1. The third-order valence-corrected chi connectivity index (χ3v) is 7.05. The van der Waals surface area contributed by atoms with Gasteiger partial charge in [-0.15, -0.1) is 0 Å². The SMILES string of the molecule is Cc1ccc(C#Cc2ccc(S(=O)(=O)N(CCOC(=O)c3ccccc3)[C@@H]([C]=O)C(=O)NO)cc2)cc1. The van der Waals surface area contributed by atoms with Gasteiger partial charge < -0.3 is 4.74 Å². The van der Waals surface area contributed by atoms with Crippen LogP contribution in [0.2, 0.25) is 0 Å². The van der Waals surface area contributed by atoms with Gasteiger partial charge in [-0.3, -0.25) is 14.8 Å². The molecule has 1 radical (unpaired) electrons. The van der Waals surface area contributed by atoms with E-state index in [-0.39, 0.29) is 10.5 Å². The molecule has 2 N–H and O–H groups in total. The second-order valence-corrected chi connectivity index (χ2v) is 9.65. The van der Waals surface area contributed by atoms with Crippen molar-refractivity contribution < 1.29 is 32.7 Å². The second kappa shape index (κ2) is 12.6. The van der Waals surface area contributed by atoms with E-state index in [2.05, 4.69) is 11.8 Å². The van der Waals surface area contributed by atoms with Crippen LogP contribution in [0.3, 0.4) is 0 Å². The number of benzene rings is 3. The van der Waals surface area contributed by atoms with Crippen molar-refractivity contribution in [2.45, 2.75) is 17.9 Å². The highest BCUT2D eigenvalue weighted by atomic mass is 32.2. The number of carbonyl (C=O) groups excluding carboxylic acids is 3. The van der Waals surface area contributed by atoms with Gasteiger partial charge in [0.05, 0.1) is 10.5 Å². The number of hydroxylamine groups is 1. The van der Waals surface area contributed by atoms with E-state index in [0.717, 1.165) is 11.1 Å². The van der Waals surface area contributed by atoms with Crippen LogP contribution in [0.4, 0.5) is 0 Å². The number of nitrogens with zero attached hydrogens (tertiary/aromatic N) is 1. The maximum atomic E-state index is 13.3. The minimum absolute atomic E-state index is 0.242. The van der Waals surface area contributed by atoms with Crippen LogP contribution in [0, 0.1) is 18.8 Å². The lowest BCUT2D eigenvalue weighted by Crippen LogP contribution is -2.51. The third kappa shape index (κ3) is 7.11. The molecule has 0 heterocycles. The Morgan fingerprint density at radius 1 is 0.946 bits per heavy atom. The molecule has 0 spiro atoms. The zero-order valence-corrected chi connectivity index (χ0v) is 20.6. The van der Waals surface area contributed by atoms with E-state index < -0.39 is 41.1 Å². The van der Waals surface area contributed by atoms with Gasteiger partial charge >= 0.3 is 5.97 Å². The summed E-state index contributed by atoms with van der Waals surface area (Å²) in [6.45, 7) is 0.942. The average molecular weight is 520 g/mol. The van der Waals surface area contributed by atoms with Crippen molar-refractivity contribution in [2.24, 2.45) is 0 Å². The van der Waals surface area contributed by atoms with E-state index in [4.69, 9.17) is 9.94 Å². The van der Waals surface area contributed by atoms with E-state index in [0.29, 0.717) is 9.87 Å². The zero-order valence-electron chi connectivity index (χ0n) is 19.7. The Morgan fingerprint density at radius 3 is 2.05 bits per heavy atom. The van der Waals surface area contributed by atoms with Crippen molar-refractivity contribution in [1.29, 1.82) is 0 Å². The summed E-state index contributed by atoms with van der Waals surface area (Å²) in [5.41, 5.74) is 3.92. The Morgan fingerprint density at radius 2 is 1.51 bits per heavy atom. The van der Waals surface area contributed by atoms with Crippen LogP contribution in [0.15, 0.2) is 83.8 Å². The predicted octanol–water partition coefficient (Wildman–Crippen LogP) is 2.23. The molecule has 10 heteroatoms. The molecule has 0 bridgehead atoms. The molecule has 0 saturated carbocycles. The smallest absolute Gasteiger partial charge is 0.338 e. The van der Waals surface area contributed by atoms with Crippen molar-refractivity contribution in [1.82, 2.24) is 9.79 Å². The molecule has 1 amide bonds. The number of nitrogens with one attached hydrogen (secondary N) is 1. The normalized spacial score (nSPS) is 11.6. The highest BCUT2D eigenvalue weighted by Crippen LogP contribution is 2.19. The lowest BCUT2D eigenvalue weighted by Gasteiger charge is -2.25. The number of aryl methyl sites for hydroxylation is 1. The van der Waals surface area contributed by atoms with Crippen LogP contribution in [-0.4, -0.2) is 55.3 Å². The number of esters is 1. The van der Waals surface area contributed by atoms with Gasteiger partial charge in [0.1, 0.15) is 6.61 Å². The molecule has 3 aromatic rings. The molecule has 0 aliphatic rings. The first-order valence-corrected chi connectivity index (χ1v) is 12.4. The highest BCUT2D eigenvalue weighted by Gasteiger charge is 2.36. The predicted molar refractivity (Wildman–Crippen MR) is 134 cm³/mol. The molecule has 9 nitrogen and oxygen atoms in total. The summed E-state index contributed by atoms with van der Waals surface area (Å²) in [7, 11) is -4.46. The Balaban J connectivity index is 1.81. The molecule has 0 aliphatic heterocycles. The van der Waals surface area contributed by atoms with Gasteiger partial charge in [0.2, 0.25) is 16.3 Å². The number of hydrogen-bond donors (Lipinski definition) is 2. The van der Waals surface area contributed by atoms with Gasteiger partial charge in [0.25, 0.3) is 5.91 Å². The number of hydrogen-bond acceptors (Lipinski definition) is 7. The topological polar surface area (TPSA) is 130 Å². The Kier molecular flexibility index (Phi) is 9.29. The van der Waals surface area contributed by atoms with Gasteiger partial charge in [0.15, 0.2) is 6.04 Å². The van der Waals surface area contributed by atoms with Gasteiger partial charge in [-0.2, -0.15) is 4.31 Å². The van der Waals surface area contributed by atoms with Gasteiger partial charge in [-0.1, -0.05) is 47.7 Å². The number of ether oxygens (including phenoxy) is 1. The van der Waals surface area contributed by atoms with Crippen molar-refractivity contribution in [3.8, 4) is 11.8 Å². The van der Waals surface area contributed by atoms with Crippen LogP contribution in [0.25, 0.3) is 0 Å². The number of amides is 1. The quantitative estimate of drug-likeness (QED) is 0.146. The maximum absolute atomic E-state index is 13.3. The summed E-state index contributed by atoms with van der Waals surface area (Å²) < 4.78 is 32.3. The molecule has 0 unspecified atom stereocenters. The fourth-order valence-corrected chi connectivity index (χ4v) is 4.69. The number of sulfonamides is 1. The van der Waals surface area contributed by atoms with Crippen molar-refractivity contribution in [3.63, 3.8) is 0 Å². The minimum Gasteiger partial charge on any atom is -0.461 e. The number of rotatable bonds is 9. The van der Waals surface area contributed by atoms with Gasteiger partial charge in [-0.25, -0.2) is 18.7 Å². The lowest BCUT2D eigenvalue weighted by molar-refractivity contribution is -0.131. The number of carbonyl (C=O) groups is 2. The molecule has 189 valence electrons. The molecule has 37 heavy (non-hydrogen) atoms. The van der Waals surface area contributed by atoms with Crippen molar-refractivity contribution in [2.75, 3.05) is 13.2 Å². The highest BCUT2D eigenvalue weighted by molar-refractivity contribution is 7.89. The molecule has 3 rings (SSSR count). The van der Waals surface area contributed by atoms with E-state index in [1.807, 2.05) is 31.2 Å². The van der Waals surface area contributed by atoms with E-state index in [1.165, 1.54) is 48.2 Å². The van der Waals surface area contributed by atoms with E-state index in [1.54, 1.807) is 18.2 Å². The van der Waals surface area contributed by atoms with Crippen LogP contribution >= 0.6 is 0 Å². The van der Waals surface area contributed by atoms with Crippen molar-refractivity contribution in [3.05, 3.63) is 101 Å². The summed E-state index contributed by atoms with van der Waals surface area (Å²) in [6, 6.07) is 19.1. The monoisotopic (exact) mass is 519 g/mol. The van der Waals surface area contributed by atoms with E-state index >= 15 is 0 Å².